The van der Waals surface area contributed by atoms with Crippen LogP contribution in [0.5, 0.6) is 0 Å². The largest absolute Gasteiger partial charge is 0.316 e. The van der Waals surface area contributed by atoms with Gasteiger partial charge < -0.3 is 5.32 Å². The van der Waals surface area contributed by atoms with E-state index in [-0.39, 0.29) is 0 Å². The lowest BCUT2D eigenvalue weighted by atomic mass is 10.1. The maximum absolute atomic E-state index is 3.51. The van der Waals surface area contributed by atoms with Crippen LogP contribution in [0.4, 0.5) is 0 Å². The van der Waals surface area contributed by atoms with E-state index in [1.165, 1.54) is 43.6 Å². The van der Waals surface area contributed by atoms with Crippen molar-refractivity contribution in [1.82, 2.24) is 10.2 Å². The third-order valence-electron chi connectivity index (χ3n) is 3.78. The molecule has 20 heavy (non-hydrogen) atoms. The third-order valence-corrected chi connectivity index (χ3v) is 4.83. The molecule has 0 spiro atoms. The number of hydrogen-bond donors (Lipinski definition) is 1. The average molecular weight is 297 g/mol. The molecule has 1 aromatic heterocycles. The van der Waals surface area contributed by atoms with Gasteiger partial charge in [0.1, 0.15) is 0 Å². The van der Waals surface area contributed by atoms with Gasteiger partial charge in [-0.15, -0.1) is 11.3 Å². The van der Waals surface area contributed by atoms with Crippen LogP contribution in [0.3, 0.4) is 0 Å². The summed E-state index contributed by atoms with van der Waals surface area (Å²) in [6.45, 7) is 10.4. The summed E-state index contributed by atoms with van der Waals surface area (Å²) in [7, 11) is 2.24. The van der Waals surface area contributed by atoms with E-state index in [4.69, 9.17) is 0 Å². The molecule has 1 heterocycles. The van der Waals surface area contributed by atoms with Crippen molar-refractivity contribution >= 4 is 11.3 Å². The molecule has 0 radical (unpaired) electrons. The highest BCUT2D eigenvalue weighted by Gasteiger charge is 2.11. The van der Waals surface area contributed by atoms with E-state index < -0.39 is 0 Å². The summed E-state index contributed by atoms with van der Waals surface area (Å²) >= 11 is 1.86. The molecule has 2 nitrogen and oxygen atoms in total. The van der Waals surface area contributed by atoms with Crippen molar-refractivity contribution in [3.05, 3.63) is 22.4 Å². The molecule has 1 N–H and O–H groups in total. The number of unbranched alkanes of at least 4 members (excludes halogenated alkanes) is 3. The SMILES string of the molecule is CC(C)CNCCCCCCN(C)C(C)c1cccs1. The number of nitrogens with zero attached hydrogens (tertiary/aromatic N) is 1. The fraction of sp³-hybridized carbons (Fsp3) is 0.765. The highest BCUT2D eigenvalue weighted by atomic mass is 32.1. The van der Waals surface area contributed by atoms with Crippen LogP contribution >= 0.6 is 11.3 Å². The van der Waals surface area contributed by atoms with Crippen LogP contribution in [-0.4, -0.2) is 31.6 Å². The lowest BCUT2D eigenvalue weighted by Gasteiger charge is -2.23. The molecule has 0 saturated heterocycles. The molecule has 3 heteroatoms. The summed E-state index contributed by atoms with van der Waals surface area (Å²) in [6.07, 6.45) is 5.34. The molecule has 0 amide bonds. The molecule has 0 saturated carbocycles. The van der Waals surface area contributed by atoms with Crippen LogP contribution < -0.4 is 5.32 Å². The second-order valence-electron chi connectivity index (χ2n) is 6.18. The van der Waals surface area contributed by atoms with Crippen molar-refractivity contribution < 1.29 is 0 Å². The van der Waals surface area contributed by atoms with Gasteiger partial charge in [-0.3, -0.25) is 4.90 Å². The highest BCUT2D eigenvalue weighted by molar-refractivity contribution is 7.10. The Kier molecular flexibility index (Phi) is 9.16. The summed E-state index contributed by atoms with van der Waals surface area (Å²) in [6, 6.07) is 4.95. The predicted molar refractivity (Wildman–Crippen MR) is 91.5 cm³/mol. The van der Waals surface area contributed by atoms with Crippen molar-refractivity contribution in [3.63, 3.8) is 0 Å². The van der Waals surface area contributed by atoms with Crippen LogP contribution in [0.2, 0.25) is 0 Å². The summed E-state index contributed by atoms with van der Waals surface area (Å²) in [4.78, 5) is 3.95. The minimum Gasteiger partial charge on any atom is -0.316 e. The van der Waals surface area contributed by atoms with E-state index in [2.05, 4.69) is 55.5 Å². The van der Waals surface area contributed by atoms with Crippen molar-refractivity contribution in [2.45, 2.75) is 52.5 Å². The fourth-order valence-corrected chi connectivity index (χ4v) is 3.14. The third kappa shape index (κ3) is 7.41. The number of nitrogens with one attached hydrogen (secondary N) is 1. The van der Waals surface area contributed by atoms with Gasteiger partial charge in [-0.2, -0.15) is 0 Å². The molecule has 1 aromatic rings. The van der Waals surface area contributed by atoms with Gasteiger partial charge in [0, 0.05) is 10.9 Å². The molecular formula is C17H32N2S. The van der Waals surface area contributed by atoms with Crippen LogP contribution in [0, 0.1) is 5.92 Å². The van der Waals surface area contributed by atoms with Crippen molar-refractivity contribution in [2.24, 2.45) is 5.92 Å². The van der Waals surface area contributed by atoms with E-state index in [0.29, 0.717) is 6.04 Å². The second-order valence-corrected chi connectivity index (χ2v) is 7.16. The van der Waals surface area contributed by atoms with E-state index in [0.717, 1.165) is 12.5 Å². The van der Waals surface area contributed by atoms with E-state index in [9.17, 15) is 0 Å². The van der Waals surface area contributed by atoms with Crippen molar-refractivity contribution in [2.75, 3.05) is 26.7 Å². The predicted octanol–water partition coefficient (Wildman–Crippen LogP) is 4.55. The zero-order chi connectivity index (χ0) is 14.8. The van der Waals surface area contributed by atoms with Crippen molar-refractivity contribution in [1.29, 1.82) is 0 Å². The standard InChI is InChI=1S/C17H32N2S/c1-15(2)14-18-11-7-5-6-8-12-19(4)16(3)17-10-9-13-20-17/h9-10,13,15-16,18H,5-8,11-12,14H2,1-4H3. The second kappa shape index (κ2) is 10.4. The Hall–Kier alpha value is -0.380. The first-order valence-electron chi connectivity index (χ1n) is 8.05. The number of rotatable bonds is 11. The monoisotopic (exact) mass is 296 g/mol. The van der Waals surface area contributed by atoms with Gasteiger partial charge in [-0.05, 0) is 63.8 Å². The number of thiophene rings is 1. The quantitative estimate of drug-likeness (QED) is 0.603. The van der Waals surface area contributed by atoms with E-state index in [1.54, 1.807) is 0 Å². The Labute approximate surface area is 129 Å². The molecule has 1 unspecified atom stereocenters. The maximum Gasteiger partial charge on any atom is 0.0410 e. The molecule has 1 atom stereocenters. The smallest absolute Gasteiger partial charge is 0.0410 e. The summed E-state index contributed by atoms with van der Waals surface area (Å²) in [5.41, 5.74) is 0. The molecule has 0 aliphatic carbocycles. The Morgan fingerprint density at radius 3 is 2.55 bits per heavy atom. The topological polar surface area (TPSA) is 15.3 Å². The summed E-state index contributed by atoms with van der Waals surface area (Å²) in [5, 5.41) is 5.68. The van der Waals surface area contributed by atoms with Gasteiger partial charge in [0.15, 0.2) is 0 Å². The van der Waals surface area contributed by atoms with E-state index in [1.807, 2.05) is 11.3 Å². The Bertz CT molecular complexity index is 322. The van der Waals surface area contributed by atoms with Gasteiger partial charge in [-0.25, -0.2) is 0 Å². The van der Waals surface area contributed by atoms with Crippen LogP contribution in [0.1, 0.15) is 57.4 Å². The van der Waals surface area contributed by atoms with Crippen LogP contribution in [0.15, 0.2) is 17.5 Å². The summed E-state index contributed by atoms with van der Waals surface area (Å²) in [5.74, 6) is 0.766. The Balaban J connectivity index is 1.98. The fourth-order valence-electron chi connectivity index (χ4n) is 2.30. The van der Waals surface area contributed by atoms with E-state index >= 15 is 0 Å². The minimum absolute atomic E-state index is 0.558. The molecule has 0 aliphatic heterocycles. The molecule has 0 aliphatic rings. The lowest BCUT2D eigenvalue weighted by Crippen LogP contribution is -2.23. The first-order chi connectivity index (χ1) is 9.61. The maximum atomic E-state index is 3.51. The lowest BCUT2D eigenvalue weighted by molar-refractivity contribution is 0.258. The zero-order valence-electron chi connectivity index (χ0n) is 13.7. The van der Waals surface area contributed by atoms with Gasteiger partial charge in [0.2, 0.25) is 0 Å². The van der Waals surface area contributed by atoms with Gasteiger partial charge >= 0.3 is 0 Å². The Morgan fingerprint density at radius 2 is 1.90 bits per heavy atom. The van der Waals surface area contributed by atoms with Crippen LogP contribution in [-0.2, 0) is 0 Å². The molecule has 1 rings (SSSR count). The molecule has 0 bridgehead atoms. The normalized spacial score (nSPS) is 13.3. The highest BCUT2D eigenvalue weighted by Crippen LogP contribution is 2.23. The molecule has 116 valence electrons. The first kappa shape index (κ1) is 17.7. The minimum atomic E-state index is 0.558. The Morgan fingerprint density at radius 1 is 1.15 bits per heavy atom. The summed E-state index contributed by atoms with van der Waals surface area (Å²) < 4.78 is 0. The average Bonchev–Trinajstić information content (AvgIpc) is 2.94. The van der Waals surface area contributed by atoms with Gasteiger partial charge in [-0.1, -0.05) is 32.8 Å². The molecule has 0 fully saturated rings. The van der Waals surface area contributed by atoms with Gasteiger partial charge in [0.05, 0.1) is 0 Å². The molecular weight excluding hydrogens is 264 g/mol. The zero-order valence-corrected chi connectivity index (χ0v) is 14.5. The first-order valence-corrected chi connectivity index (χ1v) is 8.93. The van der Waals surface area contributed by atoms with Crippen LogP contribution in [0.25, 0.3) is 0 Å². The van der Waals surface area contributed by atoms with Crippen molar-refractivity contribution in [3.8, 4) is 0 Å². The number of hydrogen-bond acceptors (Lipinski definition) is 3. The van der Waals surface area contributed by atoms with Gasteiger partial charge in [0.25, 0.3) is 0 Å². The molecule has 0 aromatic carbocycles.